The topological polar surface area (TPSA) is 99.9 Å². The van der Waals surface area contributed by atoms with Crippen LogP contribution in [0.1, 0.15) is 16.1 Å². The first-order chi connectivity index (χ1) is 13.9. The monoisotopic (exact) mass is 452 g/mol. The summed E-state index contributed by atoms with van der Waals surface area (Å²) in [5, 5.41) is 10.5. The maximum absolute atomic E-state index is 12.7. The molecule has 2 heterocycles. The van der Waals surface area contributed by atoms with E-state index in [-0.39, 0.29) is 16.9 Å². The van der Waals surface area contributed by atoms with E-state index in [4.69, 9.17) is 4.42 Å². The van der Waals surface area contributed by atoms with Crippen molar-refractivity contribution < 1.29 is 23.9 Å². The third-order valence-electron chi connectivity index (χ3n) is 4.29. The average molecular weight is 453 g/mol. The molecule has 144 valence electrons. The van der Waals surface area contributed by atoms with Gasteiger partial charge in [-0.1, -0.05) is 40.2 Å². The lowest BCUT2D eigenvalue weighted by atomic mass is 10.1. The van der Waals surface area contributed by atoms with Crippen LogP contribution in [-0.4, -0.2) is 22.9 Å². The summed E-state index contributed by atoms with van der Waals surface area (Å²) in [6.45, 7) is 0. The highest BCUT2D eigenvalue weighted by Gasteiger charge is 2.34. The standard InChI is InChI=1S/C21H13BrN2O5/c22-12-4-3-5-13(10-12)24-20(26)17(19(25)23-24)11-14-8-9-18(29-14)15-6-1-2-7-16(15)21(27)28/h1-11H,(H,23,25)(H,27,28). The Morgan fingerprint density at radius 1 is 1.07 bits per heavy atom. The number of anilines is 1. The number of hydrazine groups is 1. The molecule has 2 N–H and O–H groups in total. The van der Waals surface area contributed by atoms with Gasteiger partial charge in [-0.25, -0.2) is 9.80 Å². The fraction of sp³-hybridized carbons (Fsp3) is 0. The fourth-order valence-corrected chi connectivity index (χ4v) is 3.34. The quantitative estimate of drug-likeness (QED) is 0.462. The van der Waals surface area contributed by atoms with Crippen molar-refractivity contribution in [3.05, 3.63) is 82.0 Å². The molecule has 1 aromatic heterocycles. The SMILES string of the molecule is O=C1NN(c2cccc(Br)c2)C(=O)C1=Cc1ccc(-c2ccccc2C(=O)O)o1. The summed E-state index contributed by atoms with van der Waals surface area (Å²) < 4.78 is 6.45. The smallest absolute Gasteiger partial charge is 0.336 e. The minimum Gasteiger partial charge on any atom is -0.478 e. The van der Waals surface area contributed by atoms with Gasteiger partial charge in [-0.05, 0) is 42.5 Å². The Hall–Kier alpha value is -3.65. The van der Waals surface area contributed by atoms with E-state index in [0.29, 0.717) is 17.0 Å². The van der Waals surface area contributed by atoms with Crippen LogP contribution in [-0.2, 0) is 9.59 Å². The highest BCUT2D eigenvalue weighted by atomic mass is 79.9. The molecule has 8 heteroatoms. The van der Waals surface area contributed by atoms with Crippen LogP contribution in [0.4, 0.5) is 5.69 Å². The molecule has 29 heavy (non-hydrogen) atoms. The van der Waals surface area contributed by atoms with Crippen LogP contribution in [0.2, 0.25) is 0 Å². The number of rotatable bonds is 4. The molecular formula is C21H13BrN2O5. The predicted molar refractivity (Wildman–Crippen MR) is 109 cm³/mol. The Morgan fingerprint density at radius 2 is 1.86 bits per heavy atom. The molecule has 0 saturated carbocycles. The first-order valence-electron chi connectivity index (χ1n) is 8.49. The molecule has 7 nitrogen and oxygen atoms in total. The summed E-state index contributed by atoms with van der Waals surface area (Å²) in [5.41, 5.74) is 3.44. The van der Waals surface area contributed by atoms with Crippen molar-refractivity contribution in [1.29, 1.82) is 0 Å². The lowest BCUT2D eigenvalue weighted by Crippen LogP contribution is -2.35. The Balaban J connectivity index is 1.65. The molecule has 2 aromatic carbocycles. The second-order valence-corrected chi connectivity index (χ2v) is 7.09. The van der Waals surface area contributed by atoms with Gasteiger partial charge in [-0.2, -0.15) is 0 Å². The molecule has 1 fully saturated rings. The molecule has 1 saturated heterocycles. The van der Waals surface area contributed by atoms with E-state index < -0.39 is 17.8 Å². The van der Waals surface area contributed by atoms with E-state index in [2.05, 4.69) is 21.4 Å². The lowest BCUT2D eigenvalue weighted by molar-refractivity contribution is -0.117. The summed E-state index contributed by atoms with van der Waals surface area (Å²) in [5.74, 6) is -1.57. The number of nitrogens with zero attached hydrogens (tertiary/aromatic N) is 1. The number of halogens is 1. The molecule has 1 aliphatic rings. The van der Waals surface area contributed by atoms with Crippen molar-refractivity contribution in [3.8, 4) is 11.3 Å². The van der Waals surface area contributed by atoms with E-state index in [1.807, 2.05) is 6.07 Å². The summed E-state index contributed by atoms with van der Waals surface area (Å²) in [6, 6.07) is 16.5. The molecule has 2 amide bonds. The number of benzene rings is 2. The summed E-state index contributed by atoms with van der Waals surface area (Å²) in [6.07, 6.45) is 1.34. The predicted octanol–water partition coefficient (Wildman–Crippen LogP) is 3.87. The second-order valence-electron chi connectivity index (χ2n) is 6.17. The number of aromatic carboxylic acids is 1. The van der Waals surface area contributed by atoms with E-state index in [1.54, 1.807) is 48.5 Å². The first-order valence-corrected chi connectivity index (χ1v) is 9.28. The first kappa shape index (κ1) is 18.7. The van der Waals surface area contributed by atoms with Gasteiger partial charge in [-0.15, -0.1) is 0 Å². The van der Waals surface area contributed by atoms with E-state index in [0.717, 1.165) is 9.48 Å². The number of carboxylic acids is 1. The summed E-state index contributed by atoms with van der Waals surface area (Å²) in [4.78, 5) is 36.4. The van der Waals surface area contributed by atoms with E-state index in [1.165, 1.54) is 12.1 Å². The molecular weight excluding hydrogens is 440 g/mol. The van der Waals surface area contributed by atoms with Crippen LogP contribution < -0.4 is 10.4 Å². The third kappa shape index (κ3) is 3.57. The molecule has 0 spiro atoms. The van der Waals surface area contributed by atoms with Crippen LogP contribution in [0.5, 0.6) is 0 Å². The number of hydrogen-bond acceptors (Lipinski definition) is 4. The van der Waals surface area contributed by atoms with Crippen LogP contribution in [0, 0.1) is 0 Å². The van der Waals surface area contributed by atoms with Crippen molar-refractivity contribution in [3.63, 3.8) is 0 Å². The maximum atomic E-state index is 12.7. The normalized spacial score (nSPS) is 15.1. The zero-order valence-electron chi connectivity index (χ0n) is 14.8. The van der Waals surface area contributed by atoms with Gasteiger partial charge in [0.2, 0.25) is 0 Å². The fourth-order valence-electron chi connectivity index (χ4n) is 2.96. The van der Waals surface area contributed by atoms with Gasteiger partial charge in [0, 0.05) is 10.0 Å². The van der Waals surface area contributed by atoms with Gasteiger partial charge >= 0.3 is 5.97 Å². The maximum Gasteiger partial charge on any atom is 0.336 e. The largest absolute Gasteiger partial charge is 0.478 e. The van der Waals surface area contributed by atoms with Gasteiger partial charge in [0.25, 0.3) is 11.8 Å². The third-order valence-corrected chi connectivity index (χ3v) is 4.79. The molecule has 0 bridgehead atoms. The van der Waals surface area contributed by atoms with Gasteiger partial charge in [-0.3, -0.25) is 15.0 Å². The molecule has 0 unspecified atom stereocenters. The number of carbonyl (C=O) groups is 3. The molecule has 0 atom stereocenters. The van der Waals surface area contributed by atoms with Crippen molar-refractivity contribution in [2.45, 2.75) is 0 Å². The number of furan rings is 1. The molecule has 3 aromatic rings. The Labute approximate surface area is 173 Å². The van der Waals surface area contributed by atoms with Crippen molar-refractivity contribution >= 4 is 45.5 Å². The summed E-state index contributed by atoms with van der Waals surface area (Å²) in [7, 11) is 0. The molecule has 1 aliphatic heterocycles. The number of carboxylic acid groups (broad SMARTS) is 1. The molecule has 0 radical (unpaired) electrons. The number of carbonyl (C=O) groups excluding carboxylic acids is 2. The van der Waals surface area contributed by atoms with Crippen LogP contribution in [0.3, 0.4) is 0 Å². The zero-order valence-corrected chi connectivity index (χ0v) is 16.3. The number of amides is 2. The van der Waals surface area contributed by atoms with Crippen LogP contribution in [0.25, 0.3) is 17.4 Å². The Kier molecular flexibility index (Phi) is 4.77. The van der Waals surface area contributed by atoms with Gasteiger partial charge in [0.15, 0.2) is 0 Å². The molecule has 0 aliphatic carbocycles. The Bertz CT molecular complexity index is 1180. The van der Waals surface area contributed by atoms with Crippen molar-refractivity contribution in [2.24, 2.45) is 0 Å². The van der Waals surface area contributed by atoms with Crippen LogP contribution >= 0.6 is 15.9 Å². The van der Waals surface area contributed by atoms with Gasteiger partial charge in [0.1, 0.15) is 17.1 Å². The zero-order chi connectivity index (χ0) is 20.5. The summed E-state index contributed by atoms with van der Waals surface area (Å²) >= 11 is 3.33. The van der Waals surface area contributed by atoms with Crippen molar-refractivity contribution in [1.82, 2.24) is 5.43 Å². The van der Waals surface area contributed by atoms with Gasteiger partial charge in [0.05, 0.1) is 11.3 Å². The minimum atomic E-state index is -1.08. The highest BCUT2D eigenvalue weighted by Crippen LogP contribution is 2.28. The van der Waals surface area contributed by atoms with E-state index >= 15 is 0 Å². The minimum absolute atomic E-state index is 0.0857. The highest BCUT2D eigenvalue weighted by molar-refractivity contribution is 9.10. The average Bonchev–Trinajstić information content (AvgIpc) is 3.28. The molecule has 4 rings (SSSR count). The second kappa shape index (κ2) is 7.40. The van der Waals surface area contributed by atoms with Crippen LogP contribution in [0.15, 0.2) is 75.1 Å². The van der Waals surface area contributed by atoms with Gasteiger partial charge < -0.3 is 9.52 Å². The Morgan fingerprint density at radius 3 is 2.62 bits per heavy atom. The number of hydrogen-bond donors (Lipinski definition) is 2. The number of nitrogens with one attached hydrogen (secondary N) is 1. The van der Waals surface area contributed by atoms with E-state index in [9.17, 15) is 19.5 Å². The van der Waals surface area contributed by atoms with Crippen molar-refractivity contribution in [2.75, 3.05) is 5.01 Å². The lowest BCUT2D eigenvalue weighted by Gasteiger charge is -2.14.